The van der Waals surface area contributed by atoms with E-state index in [-0.39, 0.29) is 17.9 Å². The fourth-order valence-corrected chi connectivity index (χ4v) is 5.58. The van der Waals surface area contributed by atoms with E-state index in [1.54, 1.807) is 24.3 Å². The second kappa shape index (κ2) is 8.81. The highest BCUT2D eigenvalue weighted by molar-refractivity contribution is 7.89. The van der Waals surface area contributed by atoms with Crippen LogP contribution in [0.3, 0.4) is 0 Å². The van der Waals surface area contributed by atoms with Gasteiger partial charge in [0.05, 0.1) is 10.9 Å². The molecule has 1 aliphatic heterocycles. The number of fused-ring (bicyclic) bond motifs is 1. The number of piperidine rings is 1. The van der Waals surface area contributed by atoms with Crippen LogP contribution in [-0.2, 0) is 14.8 Å². The lowest BCUT2D eigenvalue weighted by Gasteiger charge is -2.31. The maximum absolute atomic E-state index is 12.9. The van der Waals surface area contributed by atoms with Gasteiger partial charge in [-0.25, -0.2) is 8.42 Å². The standard InChI is InChI=1S/C25H28N2O3S/c1-18-7-11-24(12-8-18)31(29,30)27-15-13-21(14-16-27)25(28)26-19(2)22-10-9-20-5-3-4-6-23(20)17-22/h3-12,17,19,21H,13-16H2,1-2H3,(H,26,28). The molecule has 3 aromatic rings. The molecule has 1 unspecified atom stereocenters. The van der Waals surface area contributed by atoms with E-state index in [1.165, 1.54) is 9.69 Å². The van der Waals surface area contributed by atoms with Crippen LogP contribution in [0, 0.1) is 12.8 Å². The Morgan fingerprint density at radius 1 is 0.968 bits per heavy atom. The fourth-order valence-electron chi connectivity index (χ4n) is 4.11. The number of hydrogen-bond donors (Lipinski definition) is 1. The average Bonchev–Trinajstić information content (AvgIpc) is 2.79. The van der Waals surface area contributed by atoms with Gasteiger partial charge in [0, 0.05) is 19.0 Å². The second-order valence-corrected chi connectivity index (χ2v) is 10.3. The van der Waals surface area contributed by atoms with E-state index in [4.69, 9.17) is 0 Å². The van der Waals surface area contributed by atoms with Gasteiger partial charge in [0.2, 0.25) is 15.9 Å². The number of nitrogens with one attached hydrogen (secondary N) is 1. The first kappa shape index (κ1) is 21.5. The first-order valence-corrected chi connectivity index (χ1v) is 12.1. The Labute approximate surface area is 184 Å². The van der Waals surface area contributed by atoms with Crippen LogP contribution in [0.1, 0.15) is 36.9 Å². The summed E-state index contributed by atoms with van der Waals surface area (Å²) in [4.78, 5) is 13.1. The Kier molecular flexibility index (Phi) is 6.12. The highest BCUT2D eigenvalue weighted by Crippen LogP contribution is 2.26. The number of aryl methyl sites for hydroxylation is 1. The van der Waals surface area contributed by atoms with Gasteiger partial charge in [-0.3, -0.25) is 4.79 Å². The molecule has 1 saturated heterocycles. The van der Waals surface area contributed by atoms with Crippen molar-refractivity contribution in [2.45, 2.75) is 37.6 Å². The summed E-state index contributed by atoms with van der Waals surface area (Å²) < 4.78 is 27.2. The number of nitrogens with zero attached hydrogens (tertiary/aromatic N) is 1. The van der Waals surface area contributed by atoms with Crippen molar-refractivity contribution in [2.75, 3.05) is 13.1 Å². The molecule has 1 aliphatic rings. The molecule has 5 nitrogen and oxygen atoms in total. The molecule has 0 bridgehead atoms. The normalized spacial score (nSPS) is 16.8. The van der Waals surface area contributed by atoms with Crippen molar-refractivity contribution in [1.82, 2.24) is 9.62 Å². The lowest BCUT2D eigenvalue weighted by molar-refractivity contribution is -0.126. The number of benzene rings is 3. The third-order valence-corrected chi connectivity index (χ3v) is 8.03. The molecule has 31 heavy (non-hydrogen) atoms. The number of sulfonamides is 1. The van der Waals surface area contributed by atoms with Gasteiger partial charge < -0.3 is 5.32 Å². The lowest BCUT2D eigenvalue weighted by Crippen LogP contribution is -2.43. The van der Waals surface area contributed by atoms with Crippen LogP contribution in [0.15, 0.2) is 71.6 Å². The zero-order chi connectivity index (χ0) is 22.0. The number of carbonyl (C=O) groups excluding carboxylic acids is 1. The van der Waals surface area contributed by atoms with Crippen molar-refractivity contribution in [2.24, 2.45) is 5.92 Å². The minimum Gasteiger partial charge on any atom is -0.349 e. The molecule has 0 aliphatic carbocycles. The van der Waals surface area contributed by atoms with Gasteiger partial charge in [0.1, 0.15) is 0 Å². The van der Waals surface area contributed by atoms with Crippen molar-refractivity contribution >= 4 is 26.7 Å². The smallest absolute Gasteiger partial charge is 0.243 e. The van der Waals surface area contributed by atoms with Crippen molar-refractivity contribution in [1.29, 1.82) is 0 Å². The van der Waals surface area contributed by atoms with Crippen molar-refractivity contribution in [3.63, 3.8) is 0 Å². The van der Waals surface area contributed by atoms with Gasteiger partial charge in [-0.2, -0.15) is 4.31 Å². The zero-order valence-electron chi connectivity index (χ0n) is 17.9. The molecule has 162 valence electrons. The van der Waals surface area contributed by atoms with Gasteiger partial charge >= 0.3 is 0 Å². The number of hydrogen-bond acceptors (Lipinski definition) is 3. The van der Waals surface area contributed by atoms with Gasteiger partial charge in [-0.05, 0) is 61.2 Å². The molecule has 6 heteroatoms. The molecule has 3 aromatic carbocycles. The van der Waals surface area contributed by atoms with Crippen molar-refractivity contribution < 1.29 is 13.2 Å². The molecule has 0 spiro atoms. The molecule has 1 N–H and O–H groups in total. The van der Waals surface area contributed by atoms with Crippen LogP contribution in [-0.4, -0.2) is 31.7 Å². The Hall–Kier alpha value is -2.70. The van der Waals surface area contributed by atoms with Gasteiger partial charge in [-0.15, -0.1) is 0 Å². The highest BCUT2D eigenvalue weighted by atomic mass is 32.2. The summed E-state index contributed by atoms with van der Waals surface area (Å²) >= 11 is 0. The Bertz CT molecular complexity index is 1180. The second-order valence-electron chi connectivity index (χ2n) is 8.33. The molecule has 1 fully saturated rings. The zero-order valence-corrected chi connectivity index (χ0v) is 18.7. The molecular formula is C25H28N2O3S. The Balaban J connectivity index is 1.37. The SMILES string of the molecule is Cc1ccc(S(=O)(=O)N2CCC(C(=O)NC(C)c3ccc4ccccc4c3)CC2)cc1. The van der Waals surface area contributed by atoms with Gasteiger partial charge in [0.25, 0.3) is 0 Å². The Morgan fingerprint density at radius 2 is 1.61 bits per heavy atom. The lowest BCUT2D eigenvalue weighted by atomic mass is 9.96. The van der Waals surface area contributed by atoms with E-state index in [0.717, 1.165) is 16.5 Å². The number of rotatable bonds is 5. The first-order valence-electron chi connectivity index (χ1n) is 10.7. The topological polar surface area (TPSA) is 66.5 Å². The maximum Gasteiger partial charge on any atom is 0.243 e. The van der Waals surface area contributed by atoms with Crippen LogP contribution in [0.2, 0.25) is 0 Å². The summed E-state index contributed by atoms with van der Waals surface area (Å²) in [7, 11) is -3.51. The Morgan fingerprint density at radius 3 is 2.29 bits per heavy atom. The van der Waals surface area contributed by atoms with Crippen LogP contribution < -0.4 is 5.32 Å². The summed E-state index contributed by atoms with van der Waals surface area (Å²) in [5, 5.41) is 5.44. The summed E-state index contributed by atoms with van der Waals surface area (Å²) in [6.07, 6.45) is 1.06. The van der Waals surface area contributed by atoms with Crippen LogP contribution in [0.25, 0.3) is 10.8 Å². The van der Waals surface area contributed by atoms with Crippen LogP contribution in [0.5, 0.6) is 0 Å². The quantitative estimate of drug-likeness (QED) is 0.644. The predicted molar refractivity (Wildman–Crippen MR) is 123 cm³/mol. The first-order chi connectivity index (χ1) is 14.8. The van der Waals surface area contributed by atoms with Crippen molar-refractivity contribution in [3.8, 4) is 0 Å². The minimum atomic E-state index is -3.51. The average molecular weight is 437 g/mol. The molecule has 1 heterocycles. The molecule has 1 amide bonds. The monoisotopic (exact) mass is 436 g/mol. The summed E-state index contributed by atoms with van der Waals surface area (Å²) in [5.74, 6) is -0.180. The van der Waals surface area contributed by atoms with Gasteiger partial charge in [0.15, 0.2) is 0 Å². The van der Waals surface area contributed by atoms with E-state index >= 15 is 0 Å². The molecule has 0 radical (unpaired) electrons. The van der Waals surface area contributed by atoms with E-state index in [1.807, 2.05) is 32.0 Å². The highest BCUT2D eigenvalue weighted by Gasteiger charge is 2.32. The maximum atomic E-state index is 12.9. The molecular weight excluding hydrogens is 408 g/mol. The van der Waals surface area contributed by atoms with E-state index in [9.17, 15) is 13.2 Å². The fraction of sp³-hybridized carbons (Fsp3) is 0.320. The summed E-state index contributed by atoms with van der Waals surface area (Å²) in [6, 6.07) is 21.2. The van der Waals surface area contributed by atoms with E-state index < -0.39 is 10.0 Å². The largest absolute Gasteiger partial charge is 0.349 e. The molecule has 4 rings (SSSR count). The van der Waals surface area contributed by atoms with Gasteiger partial charge in [-0.1, -0.05) is 54.1 Å². The molecule has 0 aromatic heterocycles. The summed E-state index contributed by atoms with van der Waals surface area (Å²) in [5.41, 5.74) is 2.08. The number of carbonyl (C=O) groups is 1. The minimum absolute atomic E-state index is 0.00644. The molecule has 1 atom stereocenters. The summed E-state index contributed by atoms with van der Waals surface area (Å²) in [6.45, 7) is 4.63. The van der Waals surface area contributed by atoms with Crippen molar-refractivity contribution in [3.05, 3.63) is 77.9 Å². The van der Waals surface area contributed by atoms with E-state index in [2.05, 4.69) is 29.6 Å². The molecule has 0 saturated carbocycles. The van der Waals surface area contributed by atoms with Crippen LogP contribution >= 0.6 is 0 Å². The third-order valence-electron chi connectivity index (χ3n) is 6.12. The predicted octanol–water partition coefficient (Wildman–Crippen LogP) is 4.43. The number of amides is 1. The van der Waals surface area contributed by atoms with Crippen LogP contribution in [0.4, 0.5) is 0 Å². The van der Waals surface area contributed by atoms with E-state index in [0.29, 0.717) is 30.8 Å². The third kappa shape index (κ3) is 4.65.